The van der Waals surface area contributed by atoms with Gasteiger partial charge in [0.25, 0.3) is 5.91 Å². The number of anilines is 2. The quantitative estimate of drug-likeness (QED) is 0.790. The average molecular weight is 428 g/mol. The third-order valence-electron chi connectivity index (χ3n) is 5.98. The van der Waals surface area contributed by atoms with Crippen molar-refractivity contribution in [1.82, 2.24) is 5.32 Å². The summed E-state index contributed by atoms with van der Waals surface area (Å²) in [4.78, 5) is 15.1. The molecule has 7 heteroatoms. The predicted molar refractivity (Wildman–Crippen MR) is 121 cm³/mol. The molecule has 2 heterocycles. The first kappa shape index (κ1) is 20.7. The Labute approximate surface area is 178 Å². The zero-order chi connectivity index (χ0) is 21.1. The molecular weight excluding hydrogens is 398 g/mol. The van der Waals surface area contributed by atoms with Crippen molar-refractivity contribution < 1.29 is 13.2 Å². The lowest BCUT2D eigenvalue weighted by molar-refractivity contribution is 0.0940. The normalized spacial score (nSPS) is 19.5. The molecule has 0 unspecified atom stereocenters. The summed E-state index contributed by atoms with van der Waals surface area (Å²) >= 11 is 0. The molecule has 2 aromatic carbocycles. The fourth-order valence-electron chi connectivity index (χ4n) is 4.17. The van der Waals surface area contributed by atoms with Gasteiger partial charge < -0.3 is 10.2 Å². The first-order valence-electron chi connectivity index (χ1n) is 10.7. The van der Waals surface area contributed by atoms with Crippen LogP contribution in [0.15, 0.2) is 48.5 Å². The van der Waals surface area contributed by atoms with Gasteiger partial charge >= 0.3 is 0 Å². The van der Waals surface area contributed by atoms with E-state index in [0.717, 1.165) is 25.1 Å². The van der Waals surface area contributed by atoms with E-state index in [1.54, 1.807) is 24.3 Å². The lowest BCUT2D eigenvalue weighted by atomic mass is 10.1. The molecule has 0 radical (unpaired) electrons. The first-order chi connectivity index (χ1) is 14.4. The monoisotopic (exact) mass is 427 g/mol. The van der Waals surface area contributed by atoms with E-state index in [1.807, 2.05) is 6.92 Å². The Kier molecular flexibility index (Phi) is 5.99. The zero-order valence-corrected chi connectivity index (χ0v) is 18.2. The molecule has 6 nitrogen and oxygen atoms in total. The van der Waals surface area contributed by atoms with E-state index >= 15 is 0 Å². The molecule has 30 heavy (non-hydrogen) atoms. The van der Waals surface area contributed by atoms with Gasteiger partial charge in [-0.05, 0) is 74.6 Å². The van der Waals surface area contributed by atoms with E-state index < -0.39 is 10.0 Å². The van der Waals surface area contributed by atoms with E-state index in [2.05, 4.69) is 34.5 Å². The second kappa shape index (κ2) is 8.68. The van der Waals surface area contributed by atoms with E-state index in [9.17, 15) is 13.2 Å². The summed E-state index contributed by atoms with van der Waals surface area (Å²) in [6.45, 7) is 4.69. The van der Waals surface area contributed by atoms with Crippen LogP contribution in [0, 0.1) is 0 Å². The number of hydrogen-bond acceptors (Lipinski definition) is 4. The van der Waals surface area contributed by atoms with Gasteiger partial charge in [0.1, 0.15) is 0 Å². The van der Waals surface area contributed by atoms with Crippen LogP contribution in [0.1, 0.15) is 54.6 Å². The number of carbonyl (C=O) groups excluding carboxylic acids is 1. The first-order valence-corrected chi connectivity index (χ1v) is 12.3. The lowest BCUT2D eigenvalue weighted by Gasteiger charge is -2.28. The van der Waals surface area contributed by atoms with Crippen LogP contribution in [0.25, 0.3) is 0 Å². The Morgan fingerprint density at radius 2 is 1.47 bits per heavy atom. The molecule has 1 atom stereocenters. The number of amides is 1. The Hall–Kier alpha value is -2.54. The lowest BCUT2D eigenvalue weighted by Crippen LogP contribution is -2.37. The highest BCUT2D eigenvalue weighted by atomic mass is 32.2. The molecule has 0 saturated carbocycles. The van der Waals surface area contributed by atoms with Gasteiger partial charge in [-0.2, -0.15) is 0 Å². The van der Waals surface area contributed by atoms with E-state index in [-0.39, 0.29) is 17.7 Å². The fourth-order valence-corrected chi connectivity index (χ4v) is 5.81. The van der Waals surface area contributed by atoms with Gasteiger partial charge in [0.05, 0.1) is 17.5 Å². The van der Waals surface area contributed by atoms with Crippen LogP contribution in [0.5, 0.6) is 0 Å². The molecule has 2 aliphatic rings. The van der Waals surface area contributed by atoms with Crippen molar-refractivity contribution in [2.75, 3.05) is 34.6 Å². The molecule has 1 amide bonds. The molecule has 0 spiro atoms. The maximum Gasteiger partial charge on any atom is 0.251 e. The van der Waals surface area contributed by atoms with Gasteiger partial charge in [-0.3, -0.25) is 9.10 Å². The molecule has 2 fully saturated rings. The molecule has 4 rings (SSSR count). The summed E-state index contributed by atoms with van der Waals surface area (Å²) in [6.07, 6.45) is 4.05. The average Bonchev–Trinajstić information content (AvgIpc) is 3.28. The topological polar surface area (TPSA) is 69.7 Å². The predicted octanol–water partition coefficient (Wildman–Crippen LogP) is 3.71. The smallest absolute Gasteiger partial charge is 0.251 e. The molecule has 2 aromatic rings. The highest BCUT2D eigenvalue weighted by Gasteiger charge is 2.26. The third-order valence-corrected chi connectivity index (χ3v) is 7.85. The van der Waals surface area contributed by atoms with Crippen molar-refractivity contribution in [1.29, 1.82) is 0 Å². The van der Waals surface area contributed by atoms with Gasteiger partial charge in [-0.25, -0.2) is 8.42 Å². The Morgan fingerprint density at radius 3 is 2.10 bits per heavy atom. The molecule has 2 saturated heterocycles. The minimum Gasteiger partial charge on any atom is -0.372 e. The molecule has 0 bridgehead atoms. The van der Waals surface area contributed by atoms with Gasteiger partial charge in [0.2, 0.25) is 10.0 Å². The largest absolute Gasteiger partial charge is 0.372 e. The maximum atomic E-state index is 12.7. The number of nitrogens with zero attached hydrogens (tertiary/aromatic N) is 2. The number of carbonyl (C=O) groups is 1. The molecule has 1 N–H and O–H groups in total. The van der Waals surface area contributed by atoms with Gasteiger partial charge in [0, 0.05) is 30.9 Å². The summed E-state index contributed by atoms with van der Waals surface area (Å²) in [5.74, 6) is 0.0164. The molecule has 0 aromatic heterocycles. The summed E-state index contributed by atoms with van der Waals surface area (Å²) in [7, 11) is -3.25. The highest BCUT2D eigenvalue weighted by molar-refractivity contribution is 7.92. The molecular formula is C23H29N3O3S. The number of sulfonamides is 1. The van der Waals surface area contributed by atoms with Crippen LogP contribution in [0.2, 0.25) is 0 Å². The van der Waals surface area contributed by atoms with Crippen LogP contribution >= 0.6 is 0 Å². The van der Waals surface area contributed by atoms with Crippen molar-refractivity contribution in [2.45, 2.75) is 38.6 Å². The minimum atomic E-state index is -3.25. The van der Waals surface area contributed by atoms with Crippen LogP contribution in [-0.4, -0.2) is 39.7 Å². The van der Waals surface area contributed by atoms with E-state index in [4.69, 9.17) is 0 Å². The number of nitrogens with one attached hydrogen (secondary N) is 1. The van der Waals surface area contributed by atoms with Crippen molar-refractivity contribution in [3.05, 3.63) is 59.7 Å². The number of benzene rings is 2. The van der Waals surface area contributed by atoms with Crippen LogP contribution in [0.3, 0.4) is 0 Å². The number of rotatable bonds is 5. The molecule has 160 valence electrons. The van der Waals surface area contributed by atoms with Crippen LogP contribution in [-0.2, 0) is 10.0 Å². The third kappa shape index (κ3) is 4.46. The molecule has 2 aliphatic heterocycles. The van der Waals surface area contributed by atoms with Crippen molar-refractivity contribution in [3.8, 4) is 0 Å². The van der Waals surface area contributed by atoms with Gasteiger partial charge in [-0.1, -0.05) is 12.1 Å². The standard InChI is InChI=1S/C23H29N3O3S/c1-18(19-6-10-21(11-7-19)25-14-2-3-15-25)24-23(27)20-8-12-22(13-9-20)26-16-4-5-17-30(26,28)29/h6-13,18H,2-5,14-17H2,1H3,(H,24,27)/t18-/m1/s1. The van der Waals surface area contributed by atoms with Gasteiger partial charge in [-0.15, -0.1) is 0 Å². The van der Waals surface area contributed by atoms with Crippen molar-refractivity contribution in [2.24, 2.45) is 0 Å². The fraction of sp³-hybridized carbons (Fsp3) is 0.435. The Balaban J connectivity index is 1.39. The summed E-state index contributed by atoms with van der Waals surface area (Å²) < 4.78 is 26.0. The minimum absolute atomic E-state index is 0.118. The highest BCUT2D eigenvalue weighted by Crippen LogP contribution is 2.25. The van der Waals surface area contributed by atoms with E-state index in [1.165, 1.54) is 22.8 Å². The van der Waals surface area contributed by atoms with Crippen LogP contribution in [0.4, 0.5) is 11.4 Å². The van der Waals surface area contributed by atoms with Crippen LogP contribution < -0.4 is 14.5 Å². The van der Waals surface area contributed by atoms with Crippen molar-refractivity contribution in [3.63, 3.8) is 0 Å². The molecule has 0 aliphatic carbocycles. The Bertz CT molecular complexity index is 981. The summed E-state index contributed by atoms with van der Waals surface area (Å²) in [5, 5.41) is 3.03. The summed E-state index contributed by atoms with van der Waals surface area (Å²) in [5.41, 5.74) is 3.44. The second-order valence-corrected chi connectivity index (χ2v) is 10.1. The SMILES string of the molecule is C[C@@H](NC(=O)c1ccc(N2CCCCS2(=O)=O)cc1)c1ccc(N2CCCC2)cc1. The van der Waals surface area contributed by atoms with Gasteiger partial charge in [0.15, 0.2) is 0 Å². The van der Waals surface area contributed by atoms with E-state index in [0.29, 0.717) is 24.2 Å². The second-order valence-electron chi connectivity index (χ2n) is 8.12. The maximum absolute atomic E-state index is 12.7. The zero-order valence-electron chi connectivity index (χ0n) is 17.4. The van der Waals surface area contributed by atoms with Crippen molar-refractivity contribution >= 4 is 27.3 Å². The number of hydrogen-bond donors (Lipinski definition) is 1. The summed E-state index contributed by atoms with van der Waals surface area (Å²) in [6, 6.07) is 15.1. The Morgan fingerprint density at radius 1 is 0.867 bits per heavy atom.